The topological polar surface area (TPSA) is 149 Å². The zero-order valence-corrected chi connectivity index (χ0v) is 24.1. The SMILES string of the molecule is CC(C)c1cc(NC(=O)N(OS(C)(=O)=O)c2cc(Oc3ccc(CO)nc3)ccc2F)n(-c2ccc3ncccc3c2)n1. The number of benzene rings is 2. The molecule has 0 radical (unpaired) electrons. The maximum absolute atomic E-state index is 15.1. The molecule has 12 nitrogen and oxygen atoms in total. The van der Waals surface area contributed by atoms with Gasteiger partial charge in [0.25, 0.3) is 10.1 Å². The highest BCUT2D eigenvalue weighted by molar-refractivity contribution is 7.86. The molecule has 43 heavy (non-hydrogen) atoms. The minimum atomic E-state index is -4.31. The van der Waals surface area contributed by atoms with Gasteiger partial charge in [-0.2, -0.15) is 13.5 Å². The van der Waals surface area contributed by atoms with E-state index < -0.39 is 27.7 Å². The summed E-state index contributed by atoms with van der Waals surface area (Å²) in [5, 5.41) is 17.5. The predicted molar refractivity (Wildman–Crippen MR) is 157 cm³/mol. The van der Waals surface area contributed by atoms with Crippen LogP contribution in [-0.4, -0.2) is 45.6 Å². The van der Waals surface area contributed by atoms with Gasteiger partial charge in [0.05, 0.1) is 41.7 Å². The molecule has 2 aromatic carbocycles. The number of urea groups is 1. The van der Waals surface area contributed by atoms with Gasteiger partial charge in [0.15, 0.2) is 0 Å². The van der Waals surface area contributed by atoms with E-state index in [1.807, 2.05) is 26.0 Å². The molecule has 0 saturated heterocycles. The Balaban J connectivity index is 1.50. The number of carbonyl (C=O) groups is 1. The lowest BCUT2D eigenvalue weighted by atomic mass is 10.1. The molecule has 0 unspecified atom stereocenters. The maximum atomic E-state index is 15.1. The molecule has 0 atom stereocenters. The molecule has 0 saturated carbocycles. The van der Waals surface area contributed by atoms with Crippen LogP contribution < -0.4 is 15.1 Å². The number of aliphatic hydroxyl groups is 1. The average molecular weight is 607 g/mol. The van der Waals surface area contributed by atoms with Crippen LogP contribution in [0.25, 0.3) is 16.6 Å². The number of halogens is 1. The van der Waals surface area contributed by atoms with E-state index in [1.165, 1.54) is 29.1 Å². The van der Waals surface area contributed by atoms with Crippen LogP contribution in [-0.2, 0) is 21.0 Å². The van der Waals surface area contributed by atoms with Crippen LogP contribution >= 0.6 is 0 Å². The standard InChI is InChI=1S/C29H27FN6O6S/c1-18(2)26-15-28(35(34-26)21-7-11-25-19(13-21)5-4-12-31-25)33-29(38)36(42-43(3,39)40)27-14-22(9-10-24(27)30)41-23-8-6-20(17-37)32-16-23/h4-16,18,37H,17H2,1-3H3,(H,33,38). The maximum Gasteiger partial charge on any atom is 0.353 e. The summed E-state index contributed by atoms with van der Waals surface area (Å²) in [5.41, 5.74) is 1.88. The Bertz CT molecular complexity index is 1900. The van der Waals surface area contributed by atoms with E-state index in [2.05, 4.69) is 20.4 Å². The number of amides is 2. The van der Waals surface area contributed by atoms with Crippen molar-refractivity contribution in [2.24, 2.45) is 0 Å². The zero-order chi connectivity index (χ0) is 30.7. The molecule has 3 heterocycles. The van der Waals surface area contributed by atoms with Crippen LogP contribution in [0.15, 0.2) is 79.1 Å². The molecule has 0 aliphatic carbocycles. The summed E-state index contributed by atoms with van der Waals surface area (Å²) in [5.74, 6) is -0.484. The van der Waals surface area contributed by atoms with E-state index >= 15 is 4.39 Å². The number of hydrogen-bond donors (Lipinski definition) is 2. The summed E-state index contributed by atoms with van der Waals surface area (Å²) in [6.45, 7) is 3.59. The summed E-state index contributed by atoms with van der Waals surface area (Å²) < 4.78 is 51.6. The first-order chi connectivity index (χ1) is 20.5. The molecule has 0 aliphatic heterocycles. The van der Waals surface area contributed by atoms with Crippen LogP contribution in [0, 0.1) is 5.82 Å². The molecule has 0 spiro atoms. The Hall–Kier alpha value is -4.92. The van der Waals surface area contributed by atoms with Crippen molar-refractivity contribution < 1.29 is 31.7 Å². The minimum Gasteiger partial charge on any atom is -0.456 e. The monoisotopic (exact) mass is 606 g/mol. The number of pyridine rings is 2. The van der Waals surface area contributed by atoms with Gasteiger partial charge in [-0.1, -0.05) is 19.9 Å². The van der Waals surface area contributed by atoms with Gasteiger partial charge in [-0.3, -0.25) is 15.3 Å². The van der Waals surface area contributed by atoms with Crippen LogP contribution in [0.4, 0.5) is 20.7 Å². The van der Waals surface area contributed by atoms with Gasteiger partial charge in [-0.25, -0.2) is 13.9 Å². The Morgan fingerprint density at radius 3 is 2.56 bits per heavy atom. The van der Waals surface area contributed by atoms with Gasteiger partial charge in [0, 0.05) is 23.7 Å². The number of hydroxylamine groups is 1. The fourth-order valence-corrected chi connectivity index (χ4v) is 4.47. The van der Waals surface area contributed by atoms with Crippen molar-refractivity contribution in [2.45, 2.75) is 26.4 Å². The van der Waals surface area contributed by atoms with Crippen LogP contribution in [0.5, 0.6) is 11.5 Å². The van der Waals surface area contributed by atoms with Crippen LogP contribution in [0.3, 0.4) is 0 Å². The Morgan fingerprint density at radius 2 is 1.86 bits per heavy atom. The van der Waals surface area contributed by atoms with Crippen molar-refractivity contribution in [2.75, 3.05) is 16.6 Å². The molecule has 3 aromatic heterocycles. The van der Waals surface area contributed by atoms with E-state index in [0.717, 1.165) is 29.3 Å². The van der Waals surface area contributed by atoms with Crippen molar-refractivity contribution in [3.05, 3.63) is 96.3 Å². The molecular formula is C29H27FN6O6S. The van der Waals surface area contributed by atoms with E-state index in [4.69, 9.17) is 9.02 Å². The van der Waals surface area contributed by atoms with Gasteiger partial charge in [-0.05, 0) is 54.4 Å². The highest BCUT2D eigenvalue weighted by atomic mass is 32.2. The van der Waals surface area contributed by atoms with E-state index in [9.17, 15) is 18.3 Å². The molecule has 5 aromatic rings. The summed E-state index contributed by atoms with van der Waals surface area (Å²) in [6.07, 6.45) is 3.75. The number of aromatic nitrogens is 4. The first-order valence-electron chi connectivity index (χ1n) is 13.0. The third-order valence-corrected chi connectivity index (χ3v) is 6.53. The molecule has 2 amide bonds. The summed E-state index contributed by atoms with van der Waals surface area (Å²) >= 11 is 0. The number of fused-ring (bicyclic) bond motifs is 1. The summed E-state index contributed by atoms with van der Waals surface area (Å²) in [7, 11) is -4.31. The Morgan fingerprint density at radius 1 is 1.07 bits per heavy atom. The Labute approximate surface area is 246 Å². The molecule has 222 valence electrons. The summed E-state index contributed by atoms with van der Waals surface area (Å²) in [6, 6.07) is 16.1. The largest absolute Gasteiger partial charge is 0.456 e. The van der Waals surface area contributed by atoms with Gasteiger partial charge in [-0.15, -0.1) is 9.35 Å². The fraction of sp³-hybridized carbons (Fsp3) is 0.172. The van der Waals surface area contributed by atoms with Gasteiger partial charge >= 0.3 is 6.03 Å². The lowest BCUT2D eigenvalue weighted by Crippen LogP contribution is -2.38. The first kappa shape index (κ1) is 29.6. The smallest absolute Gasteiger partial charge is 0.353 e. The number of hydrogen-bond acceptors (Lipinski definition) is 9. The predicted octanol–water partition coefficient (Wildman–Crippen LogP) is 5.29. The van der Waals surface area contributed by atoms with Crippen molar-refractivity contribution in [3.8, 4) is 17.2 Å². The molecule has 5 rings (SSSR count). The van der Waals surface area contributed by atoms with Crippen LogP contribution in [0.2, 0.25) is 0 Å². The van der Waals surface area contributed by atoms with E-state index in [0.29, 0.717) is 22.1 Å². The van der Waals surface area contributed by atoms with Crippen molar-refractivity contribution in [1.82, 2.24) is 19.7 Å². The normalized spacial score (nSPS) is 11.6. The average Bonchev–Trinajstić information content (AvgIpc) is 3.41. The molecule has 14 heteroatoms. The molecule has 0 aliphatic rings. The highest BCUT2D eigenvalue weighted by Gasteiger charge is 2.27. The molecular weight excluding hydrogens is 579 g/mol. The van der Waals surface area contributed by atoms with Gasteiger partial charge < -0.3 is 9.84 Å². The highest BCUT2D eigenvalue weighted by Crippen LogP contribution is 2.31. The second-order valence-electron chi connectivity index (χ2n) is 9.76. The van der Waals surface area contributed by atoms with Crippen molar-refractivity contribution in [3.63, 3.8) is 0 Å². The lowest BCUT2D eigenvalue weighted by Gasteiger charge is -2.22. The number of ether oxygens (including phenoxy) is 1. The minimum absolute atomic E-state index is 0.0189. The number of rotatable bonds is 9. The van der Waals surface area contributed by atoms with E-state index in [1.54, 1.807) is 30.5 Å². The quantitative estimate of drug-likeness (QED) is 0.213. The third kappa shape index (κ3) is 6.94. The number of nitrogens with one attached hydrogen (secondary N) is 1. The van der Waals surface area contributed by atoms with Crippen molar-refractivity contribution >= 4 is 38.6 Å². The molecule has 2 N–H and O–H groups in total. The van der Waals surface area contributed by atoms with Crippen molar-refractivity contribution in [1.29, 1.82) is 0 Å². The third-order valence-electron chi connectivity index (χ3n) is 6.11. The zero-order valence-electron chi connectivity index (χ0n) is 23.3. The van der Waals surface area contributed by atoms with Gasteiger partial charge in [0.1, 0.15) is 28.8 Å². The first-order valence-corrected chi connectivity index (χ1v) is 14.8. The Kier molecular flexibility index (Phi) is 8.34. The number of aliphatic hydroxyl groups excluding tert-OH is 1. The van der Waals surface area contributed by atoms with Gasteiger partial charge in [0.2, 0.25) is 0 Å². The number of carbonyl (C=O) groups excluding carboxylic acids is 1. The number of anilines is 2. The molecule has 0 bridgehead atoms. The molecule has 0 fully saturated rings. The second kappa shape index (κ2) is 12.1. The second-order valence-corrected chi connectivity index (χ2v) is 11.3. The summed E-state index contributed by atoms with van der Waals surface area (Å²) in [4.78, 5) is 21.9. The van der Waals surface area contributed by atoms with E-state index in [-0.39, 0.29) is 29.8 Å². The fourth-order valence-electron chi connectivity index (χ4n) is 4.05. The lowest BCUT2D eigenvalue weighted by molar-refractivity contribution is 0.225. The van der Waals surface area contributed by atoms with Crippen LogP contribution in [0.1, 0.15) is 31.2 Å². The number of nitrogens with zero attached hydrogens (tertiary/aromatic N) is 5.